The minimum atomic E-state index is -0.751. The fourth-order valence-corrected chi connectivity index (χ4v) is 4.60. The molecule has 0 aromatic heterocycles. The van der Waals surface area contributed by atoms with Crippen LogP contribution in [0.1, 0.15) is 61.3 Å². The van der Waals surface area contributed by atoms with Gasteiger partial charge in [0, 0.05) is 30.9 Å². The Morgan fingerprint density at radius 2 is 1.48 bits per heavy atom. The number of hydrogen-bond donors (Lipinski definition) is 1. The number of rotatable bonds is 9. The summed E-state index contributed by atoms with van der Waals surface area (Å²) < 4.78 is 24.1. The molecule has 1 aliphatic heterocycles. The smallest absolute Gasteiger partial charge is 0.207 e. The van der Waals surface area contributed by atoms with Crippen LogP contribution in [0.25, 0.3) is 0 Å². The summed E-state index contributed by atoms with van der Waals surface area (Å²) in [6.45, 7) is 16.6. The Morgan fingerprint density at radius 3 is 1.87 bits per heavy atom. The molecule has 6 heteroatoms. The Kier molecular flexibility index (Phi) is 7.70. The molecule has 138 valence electrons. The summed E-state index contributed by atoms with van der Waals surface area (Å²) in [7, 11) is 0.681. The number of piperidine rings is 1. The highest BCUT2D eigenvalue weighted by Gasteiger charge is 2.43. The van der Waals surface area contributed by atoms with E-state index in [0.717, 1.165) is 12.8 Å². The molecule has 1 saturated heterocycles. The Hall–Kier alpha value is 0.0169. The molecule has 1 atom stereocenters. The lowest BCUT2D eigenvalue weighted by Gasteiger charge is -2.48. The van der Waals surface area contributed by atoms with Crippen molar-refractivity contribution in [2.24, 2.45) is 0 Å². The van der Waals surface area contributed by atoms with Crippen LogP contribution >= 0.6 is 0 Å². The van der Waals surface area contributed by atoms with Crippen molar-refractivity contribution in [2.45, 2.75) is 90.2 Å². The van der Waals surface area contributed by atoms with Crippen molar-refractivity contribution in [2.75, 3.05) is 19.8 Å². The highest BCUT2D eigenvalue weighted by molar-refractivity contribution is 6.13. The molecule has 0 amide bonds. The molecule has 0 saturated carbocycles. The lowest BCUT2D eigenvalue weighted by Crippen LogP contribution is -2.61. The van der Waals surface area contributed by atoms with E-state index in [1.54, 1.807) is 0 Å². The lowest BCUT2D eigenvalue weighted by atomic mass is 9.81. The Labute approximate surface area is 145 Å². The summed E-state index contributed by atoms with van der Waals surface area (Å²) in [6.07, 6.45) is 1.52. The Morgan fingerprint density at radius 1 is 1.00 bits per heavy atom. The van der Waals surface area contributed by atoms with E-state index in [1.165, 1.54) is 0 Å². The number of ether oxygens (including phenoxy) is 4. The highest BCUT2D eigenvalue weighted by atomic mass is 28.1. The van der Waals surface area contributed by atoms with Gasteiger partial charge in [0.25, 0.3) is 0 Å². The summed E-state index contributed by atoms with van der Waals surface area (Å²) in [5.41, 5.74) is -0.679. The van der Waals surface area contributed by atoms with E-state index >= 15 is 0 Å². The average molecular weight is 348 g/mol. The van der Waals surface area contributed by atoms with Gasteiger partial charge >= 0.3 is 0 Å². The fourth-order valence-electron chi connectivity index (χ4n) is 3.72. The van der Waals surface area contributed by atoms with Crippen LogP contribution in [-0.4, -0.2) is 58.9 Å². The van der Waals surface area contributed by atoms with Gasteiger partial charge in [0.15, 0.2) is 5.41 Å². The van der Waals surface area contributed by atoms with E-state index in [9.17, 15) is 0 Å². The van der Waals surface area contributed by atoms with Crippen molar-refractivity contribution in [1.29, 1.82) is 0 Å². The average Bonchev–Trinajstić information content (AvgIpc) is 2.35. The summed E-state index contributed by atoms with van der Waals surface area (Å²) in [5.74, 6) is 0. The summed E-state index contributed by atoms with van der Waals surface area (Å²) in [5, 5.41) is 3.68. The maximum absolute atomic E-state index is 6.40. The first kappa shape index (κ1) is 21.1. The zero-order valence-electron chi connectivity index (χ0n) is 16.3. The second-order valence-corrected chi connectivity index (χ2v) is 9.12. The van der Waals surface area contributed by atoms with Gasteiger partial charge in [-0.3, -0.25) is 0 Å². The fraction of sp³-hybridized carbons (Fsp3) is 1.00. The van der Waals surface area contributed by atoms with Crippen LogP contribution in [-0.2, 0) is 18.9 Å². The molecule has 1 rings (SSSR count). The second-order valence-electron chi connectivity index (χ2n) is 7.73. The summed E-state index contributed by atoms with van der Waals surface area (Å²) >= 11 is 0. The molecule has 1 unspecified atom stereocenters. The molecule has 0 aliphatic carbocycles. The molecule has 0 aromatic carbocycles. The topological polar surface area (TPSA) is 49.0 Å². The van der Waals surface area contributed by atoms with E-state index in [1.807, 2.05) is 20.8 Å². The molecule has 23 heavy (non-hydrogen) atoms. The molecule has 1 N–H and O–H groups in total. The van der Waals surface area contributed by atoms with E-state index in [0.29, 0.717) is 30.1 Å². The number of hydrogen-bond acceptors (Lipinski definition) is 5. The van der Waals surface area contributed by atoms with Crippen molar-refractivity contribution in [3.8, 4) is 0 Å². The van der Waals surface area contributed by atoms with Gasteiger partial charge in [-0.1, -0.05) is 0 Å². The Balaban J connectivity index is 2.89. The van der Waals surface area contributed by atoms with Crippen molar-refractivity contribution in [3.63, 3.8) is 0 Å². The number of nitrogens with one attached hydrogen (secondary N) is 1. The van der Waals surface area contributed by atoms with Crippen LogP contribution in [0.5, 0.6) is 0 Å². The third-order valence-corrected chi connectivity index (χ3v) is 5.13. The van der Waals surface area contributed by atoms with Gasteiger partial charge < -0.3 is 24.3 Å². The third-order valence-electron chi connectivity index (χ3n) is 4.08. The van der Waals surface area contributed by atoms with Gasteiger partial charge in [-0.15, -0.1) is 0 Å². The van der Waals surface area contributed by atoms with Crippen LogP contribution < -0.4 is 5.32 Å². The second kappa shape index (κ2) is 8.40. The molecule has 0 radical (unpaired) electrons. The van der Waals surface area contributed by atoms with Gasteiger partial charge in [0.1, 0.15) is 0 Å². The monoisotopic (exact) mass is 347 g/mol. The standard InChI is InChI=1S/C17H37NO4Si/c1-8-19-14(17(23,20-9-2)21-10-3)22-13-11-15(4,5)18-16(6,7)12-13/h13-14,18H,8-12H2,1-7,23H3. The van der Waals surface area contributed by atoms with Crippen LogP contribution in [0.3, 0.4) is 0 Å². The molecule has 0 bridgehead atoms. The van der Waals surface area contributed by atoms with Gasteiger partial charge in [0.05, 0.1) is 16.3 Å². The lowest BCUT2D eigenvalue weighted by molar-refractivity contribution is -0.323. The predicted molar refractivity (Wildman–Crippen MR) is 96.7 cm³/mol. The van der Waals surface area contributed by atoms with Crippen molar-refractivity contribution in [1.82, 2.24) is 5.32 Å². The first-order valence-electron chi connectivity index (χ1n) is 8.91. The molecule has 5 nitrogen and oxygen atoms in total. The molecule has 0 spiro atoms. The predicted octanol–water partition coefficient (Wildman–Crippen LogP) is 1.77. The maximum Gasteiger partial charge on any atom is 0.207 e. The van der Waals surface area contributed by atoms with E-state index in [2.05, 4.69) is 33.0 Å². The SMILES string of the molecule is CCOC(OC1CC(C)(C)NC(C)(C)C1)C([SiH3])(OCC)OCC. The third kappa shape index (κ3) is 6.44. The zero-order valence-corrected chi connectivity index (χ0v) is 18.3. The first-order chi connectivity index (χ1) is 10.6. The Bertz CT molecular complexity index is 341. The maximum atomic E-state index is 6.40. The summed E-state index contributed by atoms with van der Waals surface area (Å²) in [4.78, 5) is 0. The van der Waals surface area contributed by atoms with Crippen LogP contribution in [0.2, 0.25) is 0 Å². The van der Waals surface area contributed by atoms with E-state index < -0.39 is 11.7 Å². The van der Waals surface area contributed by atoms with Crippen LogP contribution in [0.4, 0.5) is 0 Å². The van der Waals surface area contributed by atoms with E-state index in [-0.39, 0.29) is 17.2 Å². The van der Waals surface area contributed by atoms with Crippen molar-refractivity contribution in [3.05, 3.63) is 0 Å². The van der Waals surface area contributed by atoms with Gasteiger partial charge in [0.2, 0.25) is 6.29 Å². The largest absolute Gasteiger partial charge is 0.350 e. The van der Waals surface area contributed by atoms with Crippen molar-refractivity contribution < 1.29 is 18.9 Å². The zero-order chi connectivity index (χ0) is 17.7. The summed E-state index contributed by atoms with van der Waals surface area (Å²) in [6, 6.07) is 0. The molecule has 1 aliphatic rings. The minimum absolute atomic E-state index is 0.0360. The molecule has 0 aromatic rings. The van der Waals surface area contributed by atoms with Gasteiger partial charge in [-0.25, -0.2) is 0 Å². The molecular formula is C17H37NO4Si. The minimum Gasteiger partial charge on any atom is -0.350 e. The van der Waals surface area contributed by atoms with Crippen molar-refractivity contribution >= 4 is 10.2 Å². The quantitative estimate of drug-likeness (QED) is 0.509. The molecule has 1 fully saturated rings. The van der Waals surface area contributed by atoms with Gasteiger partial charge in [-0.05, 0) is 61.3 Å². The van der Waals surface area contributed by atoms with Gasteiger partial charge in [-0.2, -0.15) is 0 Å². The van der Waals surface area contributed by atoms with E-state index in [4.69, 9.17) is 18.9 Å². The van der Waals surface area contributed by atoms with Crippen LogP contribution in [0.15, 0.2) is 0 Å². The molecular weight excluding hydrogens is 310 g/mol. The van der Waals surface area contributed by atoms with Crippen LogP contribution in [0, 0.1) is 0 Å². The molecule has 1 heterocycles. The first-order valence-corrected chi connectivity index (χ1v) is 9.91. The normalized spacial score (nSPS) is 23.1. The highest BCUT2D eigenvalue weighted by Crippen LogP contribution is 2.32.